The fourth-order valence-electron chi connectivity index (χ4n) is 1.43. The van der Waals surface area contributed by atoms with Crippen molar-refractivity contribution in [1.29, 1.82) is 0 Å². The van der Waals surface area contributed by atoms with Gasteiger partial charge in [-0.1, -0.05) is 11.6 Å². The highest BCUT2D eigenvalue weighted by atomic mass is 35.5. The molecule has 104 valence electrons. The molecular weight excluding hydrogens is 268 g/mol. The van der Waals surface area contributed by atoms with Gasteiger partial charge in [0.2, 0.25) is 0 Å². The summed E-state index contributed by atoms with van der Waals surface area (Å²) in [6.07, 6.45) is 3.51. The summed E-state index contributed by atoms with van der Waals surface area (Å²) in [4.78, 5) is 12.4. The second-order valence-electron chi connectivity index (χ2n) is 4.29. The van der Waals surface area contributed by atoms with Crippen molar-refractivity contribution < 1.29 is 4.92 Å². The Morgan fingerprint density at radius 1 is 1.53 bits per heavy atom. The van der Waals surface area contributed by atoms with Crippen LogP contribution < -0.4 is 5.43 Å². The van der Waals surface area contributed by atoms with Crippen LogP contribution in [0.5, 0.6) is 0 Å². The number of nitro benzene ring substituents is 1. The number of benzene rings is 1. The van der Waals surface area contributed by atoms with Crippen molar-refractivity contribution in [1.82, 2.24) is 4.90 Å². The first-order valence-corrected chi connectivity index (χ1v) is 6.24. The summed E-state index contributed by atoms with van der Waals surface area (Å²) < 4.78 is 0. The van der Waals surface area contributed by atoms with E-state index in [-0.39, 0.29) is 5.69 Å². The monoisotopic (exact) mass is 284 g/mol. The standard InChI is InChI=1S/C12H17ClN4O2/c1-16(2)8-4-3-7-14-15-11-6-5-10(13)9-12(11)17(18)19/h5-7,9,15H,3-4,8H2,1-2H3/b14-7+. The zero-order valence-corrected chi connectivity index (χ0v) is 11.7. The van der Waals surface area contributed by atoms with E-state index in [4.69, 9.17) is 11.6 Å². The van der Waals surface area contributed by atoms with Crippen LogP contribution in [0.1, 0.15) is 12.8 Å². The summed E-state index contributed by atoms with van der Waals surface area (Å²) in [5, 5.41) is 15.1. The van der Waals surface area contributed by atoms with Gasteiger partial charge in [0, 0.05) is 17.3 Å². The average molecular weight is 285 g/mol. The van der Waals surface area contributed by atoms with Gasteiger partial charge >= 0.3 is 0 Å². The van der Waals surface area contributed by atoms with Crippen LogP contribution in [0.15, 0.2) is 23.3 Å². The molecule has 0 bridgehead atoms. The Kier molecular flexibility index (Phi) is 6.24. The third kappa shape index (κ3) is 5.67. The number of anilines is 1. The number of hydrogen-bond donors (Lipinski definition) is 1. The van der Waals surface area contributed by atoms with Crippen LogP contribution in [0.25, 0.3) is 0 Å². The summed E-state index contributed by atoms with van der Waals surface area (Å²) in [6.45, 7) is 0.979. The van der Waals surface area contributed by atoms with E-state index in [0.717, 1.165) is 19.4 Å². The molecule has 0 atom stereocenters. The highest BCUT2D eigenvalue weighted by Crippen LogP contribution is 2.27. The fourth-order valence-corrected chi connectivity index (χ4v) is 1.60. The van der Waals surface area contributed by atoms with E-state index in [9.17, 15) is 10.1 Å². The maximum Gasteiger partial charge on any atom is 0.295 e. The van der Waals surface area contributed by atoms with Crippen LogP contribution in [-0.4, -0.2) is 36.7 Å². The van der Waals surface area contributed by atoms with Gasteiger partial charge in [-0.3, -0.25) is 15.5 Å². The van der Waals surface area contributed by atoms with Crippen LogP contribution in [0.2, 0.25) is 5.02 Å². The Labute approximate surface area is 117 Å². The van der Waals surface area contributed by atoms with Gasteiger partial charge in [0.05, 0.1) is 4.92 Å². The zero-order chi connectivity index (χ0) is 14.3. The van der Waals surface area contributed by atoms with E-state index < -0.39 is 4.92 Å². The van der Waals surface area contributed by atoms with Crippen molar-refractivity contribution >= 4 is 29.2 Å². The van der Waals surface area contributed by atoms with Crippen molar-refractivity contribution in [3.63, 3.8) is 0 Å². The first-order valence-electron chi connectivity index (χ1n) is 5.87. The molecule has 1 rings (SSSR count). The number of hydrogen-bond acceptors (Lipinski definition) is 5. The predicted molar refractivity (Wildman–Crippen MR) is 78.0 cm³/mol. The van der Waals surface area contributed by atoms with E-state index >= 15 is 0 Å². The molecule has 7 heteroatoms. The highest BCUT2D eigenvalue weighted by Gasteiger charge is 2.13. The molecule has 1 N–H and O–H groups in total. The first kappa shape index (κ1) is 15.4. The Morgan fingerprint density at radius 2 is 2.26 bits per heavy atom. The Bertz CT molecular complexity index is 463. The van der Waals surface area contributed by atoms with Gasteiger partial charge in [-0.2, -0.15) is 5.10 Å². The average Bonchev–Trinajstić information content (AvgIpc) is 2.34. The molecule has 1 aromatic rings. The minimum absolute atomic E-state index is 0.0852. The molecule has 0 saturated carbocycles. The number of unbranched alkanes of at least 4 members (excludes halogenated alkanes) is 1. The van der Waals surface area contributed by atoms with Gasteiger partial charge < -0.3 is 4.90 Å². The number of nitrogens with zero attached hydrogens (tertiary/aromatic N) is 3. The topological polar surface area (TPSA) is 70.8 Å². The fraction of sp³-hybridized carbons (Fsp3) is 0.417. The summed E-state index contributed by atoms with van der Waals surface area (Å²) >= 11 is 5.72. The zero-order valence-electron chi connectivity index (χ0n) is 11.0. The third-order valence-corrected chi connectivity index (χ3v) is 2.61. The number of hydrazone groups is 1. The van der Waals surface area contributed by atoms with Crippen LogP contribution in [0, 0.1) is 10.1 Å². The highest BCUT2D eigenvalue weighted by molar-refractivity contribution is 6.30. The normalized spacial score (nSPS) is 11.2. The minimum atomic E-state index is -0.490. The van der Waals surface area contributed by atoms with E-state index in [1.807, 2.05) is 14.1 Å². The predicted octanol–water partition coefficient (Wildman–Crippen LogP) is 2.99. The van der Waals surface area contributed by atoms with Gasteiger partial charge in [-0.15, -0.1) is 0 Å². The second-order valence-corrected chi connectivity index (χ2v) is 4.72. The van der Waals surface area contributed by atoms with Crippen LogP contribution in [0.4, 0.5) is 11.4 Å². The second kappa shape index (κ2) is 7.70. The molecule has 0 heterocycles. The molecule has 0 aliphatic heterocycles. The van der Waals surface area contributed by atoms with Crippen molar-refractivity contribution in [2.24, 2.45) is 5.10 Å². The summed E-state index contributed by atoms with van der Waals surface area (Å²) in [6, 6.07) is 4.42. The first-order chi connectivity index (χ1) is 9.00. The van der Waals surface area contributed by atoms with Crippen molar-refractivity contribution in [2.75, 3.05) is 26.1 Å². The Morgan fingerprint density at radius 3 is 2.89 bits per heavy atom. The summed E-state index contributed by atoms with van der Waals surface area (Å²) in [7, 11) is 4.01. The minimum Gasteiger partial charge on any atom is -0.309 e. The third-order valence-electron chi connectivity index (χ3n) is 2.37. The van der Waals surface area contributed by atoms with E-state index in [2.05, 4.69) is 15.4 Å². The van der Waals surface area contributed by atoms with Gasteiger partial charge in [0.1, 0.15) is 5.69 Å². The number of rotatable bonds is 7. The van der Waals surface area contributed by atoms with E-state index in [1.165, 1.54) is 12.1 Å². The van der Waals surface area contributed by atoms with Gasteiger partial charge in [0.25, 0.3) is 5.69 Å². The van der Waals surface area contributed by atoms with Crippen LogP contribution in [-0.2, 0) is 0 Å². The number of nitrogens with one attached hydrogen (secondary N) is 1. The molecule has 0 radical (unpaired) electrons. The lowest BCUT2D eigenvalue weighted by molar-refractivity contribution is -0.383. The molecule has 0 aromatic heterocycles. The number of nitro groups is 1. The molecule has 0 unspecified atom stereocenters. The quantitative estimate of drug-likeness (QED) is 0.362. The molecule has 19 heavy (non-hydrogen) atoms. The summed E-state index contributed by atoms with van der Waals surface area (Å²) in [5.41, 5.74) is 2.91. The molecule has 1 aromatic carbocycles. The smallest absolute Gasteiger partial charge is 0.295 e. The maximum atomic E-state index is 10.8. The molecule has 6 nitrogen and oxygen atoms in total. The molecule has 0 amide bonds. The lowest BCUT2D eigenvalue weighted by Crippen LogP contribution is -2.12. The summed E-state index contributed by atoms with van der Waals surface area (Å²) in [5.74, 6) is 0. The molecule has 0 spiro atoms. The van der Waals surface area contributed by atoms with Crippen LogP contribution >= 0.6 is 11.6 Å². The Hall–Kier alpha value is -1.66. The van der Waals surface area contributed by atoms with E-state index in [0.29, 0.717) is 10.7 Å². The van der Waals surface area contributed by atoms with Gasteiger partial charge in [0.15, 0.2) is 0 Å². The number of halogens is 1. The van der Waals surface area contributed by atoms with Crippen molar-refractivity contribution in [2.45, 2.75) is 12.8 Å². The molecule has 0 fully saturated rings. The van der Waals surface area contributed by atoms with Gasteiger partial charge in [-0.05, 0) is 45.6 Å². The molecule has 0 aliphatic carbocycles. The molecular formula is C12H17ClN4O2. The van der Waals surface area contributed by atoms with Crippen LogP contribution in [0.3, 0.4) is 0 Å². The largest absolute Gasteiger partial charge is 0.309 e. The van der Waals surface area contributed by atoms with Gasteiger partial charge in [-0.25, -0.2) is 0 Å². The lowest BCUT2D eigenvalue weighted by Gasteiger charge is -2.06. The van der Waals surface area contributed by atoms with Crippen molar-refractivity contribution in [3.8, 4) is 0 Å². The van der Waals surface area contributed by atoms with Crippen molar-refractivity contribution in [3.05, 3.63) is 33.3 Å². The molecule has 0 saturated heterocycles. The molecule has 0 aliphatic rings. The van der Waals surface area contributed by atoms with E-state index in [1.54, 1.807) is 12.3 Å². The maximum absolute atomic E-state index is 10.8. The Balaban J connectivity index is 2.53. The lowest BCUT2D eigenvalue weighted by atomic mass is 10.3. The SMILES string of the molecule is CN(C)CCC/C=N/Nc1ccc(Cl)cc1[N+](=O)[O-].